The number of hydrogen-bond acceptors (Lipinski definition) is 5. The van der Waals surface area contributed by atoms with Gasteiger partial charge in [0.2, 0.25) is 0 Å². The SMILES string of the molecule is CN1CCN(Cc2ccc(C(=O)NC[C@H]3COc4ccccc4C3)o2)CC1. The molecule has 2 aliphatic rings. The fourth-order valence-corrected chi connectivity index (χ4v) is 3.66. The van der Waals surface area contributed by atoms with Crippen molar-refractivity contribution in [2.75, 3.05) is 46.4 Å². The van der Waals surface area contributed by atoms with Gasteiger partial charge < -0.3 is 19.4 Å². The number of ether oxygens (including phenoxy) is 1. The minimum absolute atomic E-state index is 0.154. The molecule has 3 heterocycles. The van der Waals surface area contributed by atoms with Gasteiger partial charge in [-0.05, 0) is 37.2 Å². The van der Waals surface area contributed by atoms with Gasteiger partial charge in [-0.25, -0.2) is 0 Å². The van der Waals surface area contributed by atoms with E-state index in [2.05, 4.69) is 28.2 Å². The van der Waals surface area contributed by atoms with Crippen LogP contribution in [-0.2, 0) is 13.0 Å². The third-order valence-corrected chi connectivity index (χ3v) is 5.37. The van der Waals surface area contributed by atoms with Crippen molar-refractivity contribution in [2.45, 2.75) is 13.0 Å². The van der Waals surface area contributed by atoms with Gasteiger partial charge in [0.05, 0.1) is 13.2 Å². The molecule has 0 unspecified atom stereocenters. The van der Waals surface area contributed by atoms with Crippen molar-refractivity contribution in [3.8, 4) is 5.75 Å². The molecule has 0 spiro atoms. The molecular formula is C21H27N3O3. The average molecular weight is 369 g/mol. The van der Waals surface area contributed by atoms with Gasteiger partial charge in [-0.15, -0.1) is 0 Å². The fraction of sp³-hybridized carbons (Fsp3) is 0.476. The first kappa shape index (κ1) is 18.1. The van der Waals surface area contributed by atoms with Crippen LogP contribution in [0.2, 0.25) is 0 Å². The second kappa shape index (κ2) is 8.15. The molecule has 1 aromatic carbocycles. The van der Waals surface area contributed by atoms with Crippen molar-refractivity contribution in [1.29, 1.82) is 0 Å². The fourth-order valence-electron chi connectivity index (χ4n) is 3.66. The molecule has 1 aromatic heterocycles. The second-order valence-corrected chi connectivity index (χ2v) is 7.54. The number of piperazine rings is 1. The Labute approximate surface area is 160 Å². The molecule has 0 bridgehead atoms. The molecule has 144 valence electrons. The van der Waals surface area contributed by atoms with Crippen LogP contribution >= 0.6 is 0 Å². The van der Waals surface area contributed by atoms with Crippen LogP contribution in [0, 0.1) is 5.92 Å². The van der Waals surface area contributed by atoms with Crippen molar-refractivity contribution in [3.05, 3.63) is 53.5 Å². The highest BCUT2D eigenvalue weighted by Crippen LogP contribution is 2.26. The zero-order chi connectivity index (χ0) is 18.6. The Bertz CT molecular complexity index is 780. The molecule has 6 nitrogen and oxygen atoms in total. The van der Waals surface area contributed by atoms with E-state index in [9.17, 15) is 4.79 Å². The van der Waals surface area contributed by atoms with E-state index in [1.165, 1.54) is 5.56 Å². The number of amides is 1. The summed E-state index contributed by atoms with van der Waals surface area (Å²) in [6, 6.07) is 11.8. The smallest absolute Gasteiger partial charge is 0.287 e. The average Bonchev–Trinajstić information content (AvgIpc) is 3.16. The molecule has 1 fully saturated rings. The lowest BCUT2D eigenvalue weighted by Gasteiger charge is -2.31. The van der Waals surface area contributed by atoms with E-state index in [4.69, 9.17) is 9.15 Å². The summed E-state index contributed by atoms with van der Waals surface area (Å²) in [4.78, 5) is 17.1. The first-order valence-corrected chi connectivity index (χ1v) is 9.66. The van der Waals surface area contributed by atoms with E-state index in [0.717, 1.165) is 50.7 Å². The molecular weight excluding hydrogens is 342 g/mol. The monoisotopic (exact) mass is 369 g/mol. The molecule has 6 heteroatoms. The zero-order valence-corrected chi connectivity index (χ0v) is 15.8. The molecule has 27 heavy (non-hydrogen) atoms. The van der Waals surface area contributed by atoms with Crippen molar-refractivity contribution >= 4 is 5.91 Å². The normalized spacial score (nSPS) is 20.7. The lowest BCUT2D eigenvalue weighted by atomic mass is 9.97. The Hall–Kier alpha value is -2.31. The predicted octanol–water partition coefficient (Wildman–Crippen LogP) is 2.01. The summed E-state index contributed by atoms with van der Waals surface area (Å²) in [6.07, 6.45) is 0.920. The van der Waals surface area contributed by atoms with Crippen LogP contribution in [0.25, 0.3) is 0 Å². The number of para-hydroxylation sites is 1. The van der Waals surface area contributed by atoms with Crippen LogP contribution in [0.4, 0.5) is 0 Å². The third kappa shape index (κ3) is 4.51. The van der Waals surface area contributed by atoms with Crippen LogP contribution in [0.5, 0.6) is 5.75 Å². The summed E-state index contributed by atoms with van der Waals surface area (Å²) < 4.78 is 11.6. The Balaban J connectivity index is 1.26. The van der Waals surface area contributed by atoms with E-state index < -0.39 is 0 Å². The Kier molecular flexibility index (Phi) is 5.45. The van der Waals surface area contributed by atoms with E-state index in [-0.39, 0.29) is 11.8 Å². The number of likely N-dealkylation sites (N-methyl/N-ethyl adjacent to an activating group) is 1. The summed E-state index contributed by atoms with van der Waals surface area (Å²) in [5, 5.41) is 2.99. The molecule has 0 saturated carbocycles. The largest absolute Gasteiger partial charge is 0.493 e. The number of rotatable bonds is 5. The van der Waals surface area contributed by atoms with Crippen molar-refractivity contribution < 1.29 is 13.9 Å². The number of carbonyl (C=O) groups is 1. The molecule has 0 aliphatic carbocycles. The summed E-state index contributed by atoms with van der Waals surface area (Å²) in [6.45, 7) is 6.17. The van der Waals surface area contributed by atoms with Crippen molar-refractivity contribution in [3.63, 3.8) is 0 Å². The van der Waals surface area contributed by atoms with E-state index in [1.807, 2.05) is 24.3 Å². The van der Waals surface area contributed by atoms with Gasteiger partial charge >= 0.3 is 0 Å². The van der Waals surface area contributed by atoms with Crippen molar-refractivity contribution in [1.82, 2.24) is 15.1 Å². The number of nitrogens with one attached hydrogen (secondary N) is 1. The first-order valence-electron chi connectivity index (χ1n) is 9.66. The van der Waals surface area contributed by atoms with Gasteiger partial charge in [0, 0.05) is 38.6 Å². The molecule has 1 N–H and O–H groups in total. The van der Waals surface area contributed by atoms with Gasteiger partial charge in [0.15, 0.2) is 5.76 Å². The quantitative estimate of drug-likeness (QED) is 0.874. The predicted molar refractivity (Wildman–Crippen MR) is 103 cm³/mol. The highest BCUT2D eigenvalue weighted by Gasteiger charge is 2.21. The number of nitrogens with zero attached hydrogens (tertiary/aromatic N) is 2. The molecule has 0 radical (unpaired) electrons. The Morgan fingerprint density at radius 2 is 1.96 bits per heavy atom. The topological polar surface area (TPSA) is 58.0 Å². The molecule has 4 rings (SSSR count). The third-order valence-electron chi connectivity index (χ3n) is 5.37. The number of carbonyl (C=O) groups excluding carboxylic acids is 1. The molecule has 1 amide bonds. The maximum absolute atomic E-state index is 12.4. The van der Waals surface area contributed by atoms with Crippen LogP contribution in [0.1, 0.15) is 21.9 Å². The summed E-state index contributed by atoms with van der Waals surface area (Å²) >= 11 is 0. The van der Waals surface area contributed by atoms with Gasteiger partial charge in [0.25, 0.3) is 5.91 Å². The lowest BCUT2D eigenvalue weighted by molar-refractivity contribution is 0.0904. The number of fused-ring (bicyclic) bond motifs is 1. The highest BCUT2D eigenvalue weighted by atomic mass is 16.5. The van der Waals surface area contributed by atoms with Crippen LogP contribution in [0.15, 0.2) is 40.8 Å². The molecule has 2 aromatic rings. The number of benzene rings is 1. The van der Waals surface area contributed by atoms with Crippen LogP contribution in [0.3, 0.4) is 0 Å². The minimum atomic E-state index is -0.154. The maximum atomic E-state index is 12.4. The van der Waals surface area contributed by atoms with E-state index in [1.54, 1.807) is 6.07 Å². The summed E-state index contributed by atoms with van der Waals surface area (Å²) in [5.74, 6) is 2.32. The van der Waals surface area contributed by atoms with E-state index >= 15 is 0 Å². The summed E-state index contributed by atoms with van der Waals surface area (Å²) in [5.41, 5.74) is 1.20. The van der Waals surface area contributed by atoms with Crippen LogP contribution in [-0.4, -0.2) is 62.1 Å². The standard InChI is InChI=1S/C21H27N3O3/c1-23-8-10-24(11-9-23)14-18-6-7-20(27-18)21(25)22-13-16-12-17-4-2-3-5-19(17)26-15-16/h2-7,16H,8-15H2,1H3,(H,22,25)/t16-/m0/s1. The maximum Gasteiger partial charge on any atom is 0.287 e. The Morgan fingerprint density at radius 1 is 1.15 bits per heavy atom. The van der Waals surface area contributed by atoms with E-state index in [0.29, 0.717) is 18.9 Å². The lowest BCUT2D eigenvalue weighted by Crippen LogP contribution is -2.43. The highest BCUT2D eigenvalue weighted by molar-refractivity contribution is 5.91. The number of furan rings is 1. The zero-order valence-electron chi connectivity index (χ0n) is 15.8. The molecule has 1 atom stereocenters. The van der Waals surface area contributed by atoms with Gasteiger partial charge in [0.1, 0.15) is 11.5 Å². The second-order valence-electron chi connectivity index (χ2n) is 7.54. The molecule has 2 aliphatic heterocycles. The summed E-state index contributed by atoms with van der Waals surface area (Å²) in [7, 11) is 2.14. The molecule has 1 saturated heterocycles. The van der Waals surface area contributed by atoms with Gasteiger partial charge in [-0.1, -0.05) is 18.2 Å². The van der Waals surface area contributed by atoms with Crippen molar-refractivity contribution in [2.24, 2.45) is 5.92 Å². The Morgan fingerprint density at radius 3 is 2.81 bits per heavy atom. The van der Waals surface area contributed by atoms with Gasteiger partial charge in [-0.3, -0.25) is 9.69 Å². The number of hydrogen-bond donors (Lipinski definition) is 1. The first-order chi connectivity index (χ1) is 13.2. The van der Waals surface area contributed by atoms with Gasteiger partial charge in [-0.2, -0.15) is 0 Å². The van der Waals surface area contributed by atoms with Crippen LogP contribution < -0.4 is 10.1 Å². The minimum Gasteiger partial charge on any atom is -0.493 e.